The highest BCUT2D eigenvalue weighted by atomic mass is 16.6. The summed E-state index contributed by atoms with van der Waals surface area (Å²) in [6.07, 6.45) is 0. The Morgan fingerprint density at radius 3 is 1.89 bits per heavy atom. The van der Waals surface area contributed by atoms with Crippen molar-refractivity contribution >= 4 is 12.6 Å². The van der Waals surface area contributed by atoms with Crippen molar-refractivity contribution in [3.63, 3.8) is 0 Å². The van der Waals surface area contributed by atoms with Crippen molar-refractivity contribution in [2.45, 2.75) is 25.7 Å². The molecule has 2 aromatic carbocycles. The molecule has 1 heterocycles. The Bertz CT molecular complexity index is 602. The molecule has 4 rings (SSSR count). The van der Waals surface area contributed by atoms with E-state index in [1.54, 1.807) is 0 Å². The molecule has 2 nitrogen and oxygen atoms in total. The molecule has 2 aliphatic rings. The van der Waals surface area contributed by atoms with Crippen LogP contribution in [0, 0.1) is 0 Å². The van der Waals surface area contributed by atoms with Gasteiger partial charge in [-0.3, -0.25) is 0 Å². The quantitative estimate of drug-likeness (QED) is 0.724. The lowest BCUT2D eigenvalue weighted by Gasteiger charge is -2.35. The minimum absolute atomic E-state index is 0.303. The molecule has 0 bridgehead atoms. The van der Waals surface area contributed by atoms with Crippen molar-refractivity contribution in [3.05, 3.63) is 53.6 Å². The Balaban J connectivity index is 1.68. The Kier molecular flexibility index (Phi) is 2.19. The third-order valence-corrected chi connectivity index (χ3v) is 4.42. The first-order valence-corrected chi connectivity index (χ1v) is 6.80. The van der Waals surface area contributed by atoms with Gasteiger partial charge in [0.15, 0.2) is 0 Å². The number of fused-ring (bicyclic) bond motifs is 2. The van der Waals surface area contributed by atoms with Crippen molar-refractivity contribution in [2.75, 3.05) is 0 Å². The van der Waals surface area contributed by atoms with Crippen LogP contribution in [0.1, 0.15) is 36.8 Å². The second-order valence-electron chi connectivity index (χ2n) is 5.48. The lowest BCUT2D eigenvalue weighted by molar-refractivity contribution is 0.518. The largest absolute Gasteiger partial charge is 0.632 e. The summed E-state index contributed by atoms with van der Waals surface area (Å²) in [5, 5.41) is 0. The van der Waals surface area contributed by atoms with Crippen LogP contribution in [-0.4, -0.2) is 7.12 Å². The van der Waals surface area contributed by atoms with Gasteiger partial charge in [0.1, 0.15) is 11.5 Å². The summed E-state index contributed by atoms with van der Waals surface area (Å²) in [6, 6.07) is 14.4. The summed E-state index contributed by atoms with van der Waals surface area (Å²) >= 11 is 0. The van der Waals surface area contributed by atoms with E-state index in [9.17, 15) is 0 Å². The van der Waals surface area contributed by atoms with Crippen LogP contribution in [0.15, 0.2) is 42.5 Å². The minimum atomic E-state index is -0.303. The van der Waals surface area contributed by atoms with Crippen molar-refractivity contribution in [3.8, 4) is 11.5 Å². The van der Waals surface area contributed by atoms with Gasteiger partial charge in [-0.25, -0.2) is 0 Å². The summed E-state index contributed by atoms with van der Waals surface area (Å²) < 4.78 is 11.8. The van der Waals surface area contributed by atoms with Gasteiger partial charge in [-0.15, -0.1) is 0 Å². The fourth-order valence-electron chi connectivity index (χ4n) is 3.01. The van der Waals surface area contributed by atoms with Crippen LogP contribution >= 0.6 is 0 Å². The number of hydrogen-bond donors (Lipinski definition) is 0. The van der Waals surface area contributed by atoms with E-state index in [0.717, 1.165) is 17.0 Å². The van der Waals surface area contributed by atoms with E-state index in [4.69, 9.17) is 9.31 Å². The maximum atomic E-state index is 5.92. The summed E-state index contributed by atoms with van der Waals surface area (Å²) in [6.45, 7) is 4.54. The molecule has 0 aromatic heterocycles. The van der Waals surface area contributed by atoms with Crippen LogP contribution in [0.4, 0.5) is 0 Å². The first kappa shape index (κ1) is 11.0. The molecule has 2 unspecified atom stereocenters. The lowest BCUT2D eigenvalue weighted by atomic mass is 9.70. The van der Waals surface area contributed by atoms with Crippen LogP contribution in [0.2, 0.25) is 0 Å². The monoisotopic (exact) mass is 250 g/mol. The van der Waals surface area contributed by atoms with E-state index in [2.05, 4.69) is 26.0 Å². The highest BCUT2D eigenvalue weighted by Crippen LogP contribution is 2.51. The second kappa shape index (κ2) is 3.80. The number of rotatable bonds is 1. The Labute approximate surface area is 113 Å². The van der Waals surface area contributed by atoms with E-state index in [-0.39, 0.29) is 7.12 Å². The van der Waals surface area contributed by atoms with E-state index < -0.39 is 0 Å². The summed E-state index contributed by atoms with van der Waals surface area (Å²) in [5.41, 5.74) is 3.87. The molecular formula is C16H15BO2. The van der Waals surface area contributed by atoms with E-state index >= 15 is 0 Å². The van der Waals surface area contributed by atoms with Crippen molar-refractivity contribution in [1.82, 2.24) is 0 Å². The molecule has 0 fully saturated rings. The molecule has 3 heteroatoms. The van der Waals surface area contributed by atoms with Gasteiger partial charge in [0.25, 0.3) is 0 Å². The summed E-state index contributed by atoms with van der Waals surface area (Å²) in [7, 11) is -0.303. The smallest absolute Gasteiger partial charge is 0.519 e. The lowest BCUT2D eigenvalue weighted by Crippen LogP contribution is -2.38. The van der Waals surface area contributed by atoms with Crippen LogP contribution in [-0.2, 0) is 0 Å². The van der Waals surface area contributed by atoms with E-state index in [0.29, 0.717) is 11.8 Å². The molecule has 1 aliphatic heterocycles. The molecule has 0 N–H and O–H groups in total. The highest BCUT2D eigenvalue weighted by molar-refractivity contribution is 6.63. The van der Waals surface area contributed by atoms with Crippen molar-refractivity contribution < 1.29 is 9.31 Å². The summed E-state index contributed by atoms with van der Waals surface area (Å²) in [4.78, 5) is 0. The van der Waals surface area contributed by atoms with Gasteiger partial charge < -0.3 is 9.31 Å². The van der Waals surface area contributed by atoms with Gasteiger partial charge in [-0.05, 0) is 35.1 Å². The number of hydrogen-bond acceptors (Lipinski definition) is 2. The maximum absolute atomic E-state index is 5.92. The standard InChI is InChI=1S/C16H15BO2/c1-10-11(2)14-9-16-15(8-13(10)14)18-17(19-16)12-6-4-3-5-7-12/h3-11H,1-2H3. The fraction of sp³-hybridized carbons (Fsp3) is 0.250. The Hall–Kier alpha value is -1.90. The molecule has 0 amide bonds. The van der Waals surface area contributed by atoms with Gasteiger partial charge in [0.05, 0.1) is 0 Å². The second-order valence-corrected chi connectivity index (χ2v) is 5.48. The van der Waals surface area contributed by atoms with Gasteiger partial charge in [-0.2, -0.15) is 0 Å². The molecule has 0 radical (unpaired) electrons. The fourth-order valence-corrected chi connectivity index (χ4v) is 3.01. The van der Waals surface area contributed by atoms with Gasteiger partial charge in [-0.1, -0.05) is 44.2 Å². The maximum Gasteiger partial charge on any atom is 0.632 e. The molecule has 19 heavy (non-hydrogen) atoms. The molecule has 0 saturated carbocycles. The highest BCUT2D eigenvalue weighted by Gasteiger charge is 2.38. The first-order valence-electron chi connectivity index (χ1n) is 6.80. The van der Waals surface area contributed by atoms with Crippen molar-refractivity contribution in [1.29, 1.82) is 0 Å². The van der Waals surface area contributed by atoms with E-state index in [1.165, 1.54) is 11.1 Å². The zero-order valence-corrected chi connectivity index (χ0v) is 11.1. The van der Waals surface area contributed by atoms with Gasteiger partial charge in [0, 0.05) is 5.46 Å². The van der Waals surface area contributed by atoms with Crippen molar-refractivity contribution in [2.24, 2.45) is 0 Å². The molecule has 2 atom stereocenters. The third kappa shape index (κ3) is 1.51. The topological polar surface area (TPSA) is 18.5 Å². The third-order valence-electron chi connectivity index (χ3n) is 4.42. The van der Waals surface area contributed by atoms with Crippen LogP contribution in [0.5, 0.6) is 11.5 Å². The number of benzene rings is 2. The predicted molar refractivity (Wildman–Crippen MR) is 76.4 cm³/mol. The normalized spacial score (nSPS) is 22.9. The zero-order valence-electron chi connectivity index (χ0n) is 11.1. The zero-order chi connectivity index (χ0) is 13.0. The van der Waals surface area contributed by atoms with Gasteiger partial charge in [0.2, 0.25) is 0 Å². The first-order chi connectivity index (χ1) is 9.24. The summed E-state index contributed by atoms with van der Waals surface area (Å²) in [5.74, 6) is 3.01. The molecule has 1 aliphatic carbocycles. The Morgan fingerprint density at radius 1 is 0.842 bits per heavy atom. The molecular weight excluding hydrogens is 235 g/mol. The van der Waals surface area contributed by atoms with Crippen LogP contribution in [0.3, 0.4) is 0 Å². The average molecular weight is 250 g/mol. The minimum Gasteiger partial charge on any atom is -0.519 e. The Morgan fingerprint density at radius 2 is 1.37 bits per heavy atom. The average Bonchev–Trinajstić information content (AvgIpc) is 2.89. The molecule has 0 saturated heterocycles. The van der Waals surface area contributed by atoms with Crippen LogP contribution in [0.25, 0.3) is 0 Å². The predicted octanol–water partition coefficient (Wildman–Crippen LogP) is 3.07. The SMILES string of the molecule is CC1c2cc3c(cc2C1C)OB(c1ccccc1)O3. The molecule has 0 spiro atoms. The molecule has 94 valence electrons. The molecule has 2 aromatic rings. The van der Waals surface area contributed by atoms with Crippen LogP contribution < -0.4 is 14.8 Å². The van der Waals surface area contributed by atoms with Gasteiger partial charge >= 0.3 is 7.12 Å². The van der Waals surface area contributed by atoms with E-state index in [1.807, 2.05) is 30.3 Å².